The Labute approximate surface area is 122 Å². The Hall–Kier alpha value is -2.37. The Kier molecular flexibility index (Phi) is 3.85. The molecule has 1 aromatic carbocycles. The van der Waals surface area contributed by atoms with Crippen molar-refractivity contribution < 1.29 is 14.1 Å². The fourth-order valence-corrected chi connectivity index (χ4v) is 2.18. The fraction of sp³-hybridized carbons (Fsp3) is 0.400. The quantitative estimate of drug-likeness (QED) is 0.911. The minimum Gasteiger partial charge on any atom is -0.497 e. The molecule has 110 valence electrons. The van der Waals surface area contributed by atoms with Crippen LogP contribution in [0.5, 0.6) is 5.75 Å². The predicted octanol–water partition coefficient (Wildman–Crippen LogP) is 2.16. The standard InChI is InChI=1S/C15H17N3O3/c1-20-12-7-3-6-11(8-12)14-17-13(21-18-14)9-16-15(19)10-4-2-5-10/h3,6-8,10H,2,4-5,9H2,1H3,(H,16,19). The molecule has 0 aliphatic heterocycles. The molecular formula is C15H17N3O3. The Morgan fingerprint density at radius 1 is 1.48 bits per heavy atom. The molecule has 1 aliphatic carbocycles. The van der Waals surface area contributed by atoms with Crippen LogP contribution in [-0.4, -0.2) is 23.2 Å². The van der Waals surface area contributed by atoms with E-state index in [4.69, 9.17) is 9.26 Å². The van der Waals surface area contributed by atoms with E-state index in [0.717, 1.165) is 30.6 Å². The molecule has 0 radical (unpaired) electrons. The van der Waals surface area contributed by atoms with Crippen molar-refractivity contribution in [2.45, 2.75) is 25.8 Å². The van der Waals surface area contributed by atoms with Crippen molar-refractivity contribution >= 4 is 5.91 Å². The summed E-state index contributed by atoms with van der Waals surface area (Å²) in [6, 6.07) is 7.43. The Morgan fingerprint density at radius 3 is 3.05 bits per heavy atom. The van der Waals surface area contributed by atoms with Gasteiger partial charge in [0.15, 0.2) is 0 Å². The van der Waals surface area contributed by atoms with Crippen LogP contribution in [0.4, 0.5) is 0 Å². The number of carbonyl (C=O) groups is 1. The zero-order valence-corrected chi connectivity index (χ0v) is 11.8. The first-order valence-corrected chi connectivity index (χ1v) is 7.01. The van der Waals surface area contributed by atoms with Crippen LogP contribution >= 0.6 is 0 Å². The highest BCUT2D eigenvalue weighted by Crippen LogP contribution is 2.26. The molecule has 2 aromatic rings. The number of amides is 1. The van der Waals surface area contributed by atoms with Crippen LogP contribution in [0.2, 0.25) is 0 Å². The molecule has 6 nitrogen and oxygen atoms in total. The van der Waals surface area contributed by atoms with Gasteiger partial charge in [0.2, 0.25) is 17.6 Å². The van der Waals surface area contributed by atoms with Gasteiger partial charge in [0, 0.05) is 11.5 Å². The number of hydrogen-bond acceptors (Lipinski definition) is 5. The average molecular weight is 287 g/mol. The van der Waals surface area contributed by atoms with E-state index < -0.39 is 0 Å². The summed E-state index contributed by atoms with van der Waals surface area (Å²) in [5.41, 5.74) is 0.815. The molecule has 1 fully saturated rings. The third kappa shape index (κ3) is 3.04. The van der Waals surface area contributed by atoms with Crippen LogP contribution in [0.3, 0.4) is 0 Å². The largest absolute Gasteiger partial charge is 0.497 e. The lowest BCUT2D eigenvalue weighted by Crippen LogP contribution is -2.34. The number of rotatable bonds is 5. The van der Waals surface area contributed by atoms with Crippen molar-refractivity contribution in [2.24, 2.45) is 5.92 Å². The molecule has 0 bridgehead atoms. The van der Waals surface area contributed by atoms with E-state index in [9.17, 15) is 4.79 Å². The van der Waals surface area contributed by atoms with Gasteiger partial charge in [-0.2, -0.15) is 4.98 Å². The molecule has 0 atom stereocenters. The maximum atomic E-state index is 11.7. The smallest absolute Gasteiger partial charge is 0.246 e. The lowest BCUT2D eigenvalue weighted by molar-refractivity contribution is -0.127. The van der Waals surface area contributed by atoms with Gasteiger partial charge < -0.3 is 14.6 Å². The first kappa shape index (κ1) is 13.6. The van der Waals surface area contributed by atoms with E-state index in [1.807, 2.05) is 24.3 Å². The molecule has 3 rings (SSSR count). The van der Waals surface area contributed by atoms with E-state index in [-0.39, 0.29) is 18.4 Å². The zero-order valence-electron chi connectivity index (χ0n) is 11.8. The fourth-order valence-electron chi connectivity index (χ4n) is 2.18. The monoisotopic (exact) mass is 287 g/mol. The van der Waals surface area contributed by atoms with Crippen LogP contribution in [0.15, 0.2) is 28.8 Å². The number of nitrogens with zero attached hydrogens (tertiary/aromatic N) is 2. The second-order valence-electron chi connectivity index (χ2n) is 5.09. The summed E-state index contributed by atoms with van der Waals surface area (Å²) in [7, 11) is 1.61. The lowest BCUT2D eigenvalue weighted by atomic mass is 9.85. The van der Waals surface area contributed by atoms with Gasteiger partial charge in [-0.3, -0.25) is 4.79 Å². The highest BCUT2D eigenvalue weighted by molar-refractivity contribution is 5.79. The normalized spacial score (nSPS) is 14.5. The maximum absolute atomic E-state index is 11.7. The number of carbonyl (C=O) groups excluding carboxylic acids is 1. The molecule has 1 heterocycles. The van der Waals surface area contributed by atoms with Gasteiger partial charge in [0.05, 0.1) is 13.7 Å². The van der Waals surface area contributed by atoms with Crippen molar-refractivity contribution in [3.05, 3.63) is 30.2 Å². The summed E-state index contributed by atoms with van der Waals surface area (Å²) < 4.78 is 10.3. The third-order valence-corrected chi connectivity index (χ3v) is 3.69. The molecule has 1 saturated carbocycles. The van der Waals surface area contributed by atoms with Crippen LogP contribution in [-0.2, 0) is 11.3 Å². The topological polar surface area (TPSA) is 77.3 Å². The van der Waals surface area contributed by atoms with Crippen molar-refractivity contribution in [1.82, 2.24) is 15.5 Å². The molecule has 1 amide bonds. The Balaban J connectivity index is 1.63. The number of ether oxygens (including phenoxy) is 1. The van der Waals surface area contributed by atoms with Gasteiger partial charge in [-0.1, -0.05) is 23.7 Å². The summed E-state index contributed by atoms with van der Waals surface area (Å²) in [4.78, 5) is 16.0. The van der Waals surface area contributed by atoms with E-state index >= 15 is 0 Å². The molecule has 1 N–H and O–H groups in total. The van der Waals surface area contributed by atoms with Crippen molar-refractivity contribution in [1.29, 1.82) is 0 Å². The number of benzene rings is 1. The summed E-state index contributed by atoms with van der Waals surface area (Å²) in [5.74, 6) is 1.85. The van der Waals surface area contributed by atoms with E-state index in [1.165, 1.54) is 0 Å². The van der Waals surface area contributed by atoms with Crippen LogP contribution in [0, 0.1) is 5.92 Å². The Bertz CT molecular complexity index is 635. The van der Waals surface area contributed by atoms with Gasteiger partial charge in [-0.05, 0) is 25.0 Å². The van der Waals surface area contributed by atoms with Gasteiger partial charge in [0.25, 0.3) is 0 Å². The number of aromatic nitrogens is 2. The first-order valence-electron chi connectivity index (χ1n) is 7.01. The second-order valence-corrected chi connectivity index (χ2v) is 5.09. The van der Waals surface area contributed by atoms with Gasteiger partial charge in [0.1, 0.15) is 5.75 Å². The van der Waals surface area contributed by atoms with Gasteiger partial charge in [-0.25, -0.2) is 0 Å². The molecule has 21 heavy (non-hydrogen) atoms. The zero-order chi connectivity index (χ0) is 14.7. The summed E-state index contributed by atoms with van der Waals surface area (Å²) in [6.45, 7) is 0.270. The van der Waals surface area contributed by atoms with E-state index in [1.54, 1.807) is 7.11 Å². The summed E-state index contributed by atoms with van der Waals surface area (Å²) >= 11 is 0. The molecule has 1 aliphatic rings. The third-order valence-electron chi connectivity index (χ3n) is 3.69. The molecule has 6 heteroatoms. The van der Waals surface area contributed by atoms with Crippen LogP contribution < -0.4 is 10.1 Å². The van der Waals surface area contributed by atoms with Gasteiger partial charge >= 0.3 is 0 Å². The van der Waals surface area contributed by atoms with Crippen LogP contribution in [0.25, 0.3) is 11.4 Å². The van der Waals surface area contributed by atoms with E-state index in [2.05, 4.69) is 15.5 Å². The van der Waals surface area contributed by atoms with E-state index in [0.29, 0.717) is 11.7 Å². The number of methoxy groups -OCH3 is 1. The molecule has 1 aromatic heterocycles. The first-order chi connectivity index (χ1) is 10.3. The lowest BCUT2D eigenvalue weighted by Gasteiger charge is -2.23. The summed E-state index contributed by atoms with van der Waals surface area (Å²) in [6.07, 6.45) is 3.09. The Morgan fingerprint density at radius 2 is 2.33 bits per heavy atom. The second kappa shape index (κ2) is 5.95. The highest BCUT2D eigenvalue weighted by Gasteiger charge is 2.25. The molecule has 0 unspecified atom stereocenters. The van der Waals surface area contributed by atoms with Crippen molar-refractivity contribution in [3.63, 3.8) is 0 Å². The average Bonchev–Trinajstić information content (AvgIpc) is 2.92. The highest BCUT2D eigenvalue weighted by atomic mass is 16.5. The van der Waals surface area contributed by atoms with Crippen molar-refractivity contribution in [3.8, 4) is 17.1 Å². The predicted molar refractivity (Wildman–Crippen MR) is 75.5 cm³/mol. The number of hydrogen-bond donors (Lipinski definition) is 1. The minimum absolute atomic E-state index is 0.0716. The molecule has 0 saturated heterocycles. The van der Waals surface area contributed by atoms with Crippen molar-refractivity contribution in [2.75, 3.05) is 7.11 Å². The molecule has 0 spiro atoms. The van der Waals surface area contributed by atoms with Gasteiger partial charge in [-0.15, -0.1) is 0 Å². The van der Waals surface area contributed by atoms with Crippen LogP contribution in [0.1, 0.15) is 25.2 Å². The summed E-state index contributed by atoms with van der Waals surface area (Å²) in [5, 5.41) is 6.75. The maximum Gasteiger partial charge on any atom is 0.246 e. The molecular weight excluding hydrogens is 270 g/mol. The SMILES string of the molecule is COc1cccc(-c2noc(CNC(=O)C3CCC3)n2)c1. The number of nitrogens with one attached hydrogen (secondary N) is 1. The minimum atomic E-state index is 0.0716.